The molecule has 0 amide bonds. The van der Waals surface area contributed by atoms with Crippen LogP contribution in [0.2, 0.25) is 5.02 Å². The Morgan fingerprint density at radius 1 is 1.07 bits per heavy atom. The molecule has 0 radical (unpaired) electrons. The fourth-order valence-corrected chi connectivity index (χ4v) is 3.10. The Labute approximate surface area is 176 Å². The number of carbonyl (C=O) groups is 1. The van der Waals surface area contributed by atoms with Crippen LogP contribution >= 0.6 is 11.6 Å². The Bertz CT molecular complexity index is 876. The van der Waals surface area contributed by atoms with E-state index in [0.29, 0.717) is 5.75 Å². The number of methoxy groups -OCH3 is 1. The van der Waals surface area contributed by atoms with E-state index >= 15 is 0 Å². The Morgan fingerprint density at radius 3 is 2.43 bits per heavy atom. The molecule has 0 aromatic heterocycles. The highest BCUT2D eigenvalue weighted by molar-refractivity contribution is 6.32. The highest BCUT2D eigenvalue weighted by atomic mass is 35.5. The summed E-state index contributed by atoms with van der Waals surface area (Å²) < 4.78 is 21.1. The molecule has 10 heteroatoms. The first-order valence-corrected chi connectivity index (χ1v) is 9.35. The number of halogens is 1. The molecule has 3 rings (SSSR count). The van der Waals surface area contributed by atoms with Crippen LogP contribution in [-0.4, -0.2) is 70.8 Å². The maximum Gasteiger partial charge on any atom is 0.338 e. The van der Waals surface area contributed by atoms with Crippen molar-refractivity contribution >= 4 is 17.6 Å². The maximum absolute atomic E-state index is 12.4. The third-order valence-electron chi connectivity index (χ3n) is 4.49. The van der Waals surface area contributed by atoms with Crippen LogP contribution in [0.15, 0.2) is 42.5 Å². The summed E-state index contributed by atoms with van der Waals surface area (Å²) >= 11 is 6.26. The standard InChI is InChI=1S/C20H21ClO9/c1-27-13-8-10(7-12(21)18(13)29-11-5-3-2-4-6-11)19(25)28-9-14-15(22)16(23)17(24)20(26)30-14/h2-8,14-17,20,22-24,26H,9H2,1H3/t14-,15-,16+,17-,20?/m1/s1. The zero-order chi connectivity index (χ0) is 21.8. The second kappa shape index (κ2) is 9.61. The molecule has 2 aromatic rings. The minimum Gasteiger partial charge on any atom is -0.493 e. The molecule has 1 fully saturated rings. The number of hydrogen-bond donors (Lipinski definition) is 4. The number of para-hydroxylation sites is 1. The average Bonchev–Trinajstić information content (AvgIpc) is 2.75. The molecule has 0 aliphatic carbocycles. The molecule has 0 spiro atoms. The van der Waals surface area contributed by atoms with Crippen molar-refractivity contribution in [1.82, 2.24) is 0 Å². The topological polar surface area (TPSA) is 135 Å². The number of esters is 1. The fourth-order valence-electron chi connectivity index (χ4n) is 2.85. The molecule has 162 valence electrons. The van der Waals surface area contributed by atoms with Crippen LogP contribution in [0.5, 0.6) is 17.2 Å². The van der Waals surface area contributed by atoms with Gasteiger partial charge in [0, 0.05) is 0 Å². The van der Waals surface area contributed by atoms with Gasteiger partial charge in [-0.05, 0) is 24.3 Å². The van der Waals surface area contributed by atoms with Gasteiger partial charge >= 0.3 is 5.97 Å². The highest BCUT2D eigenvalue weighted by Crippen LogP contribution is 2.39. The number of hydrogen-bond acceptors (Lipinski definition) is 9. The molecular weight excluding hydrogens is 420 g/mol. The Morgan fingerprint density at radius 2 is 1.77 bits per heavy atom. The molecule has 1 aliphatic rings. The molecule has 5 atom stereocenters. The van der Waals surface area contributed by atoms with Crippen LogP contribution in [0.3, 0.4) is 0 Å². The number of rotatable bonds is 6. The third-order valence-corrected chi connectivity index (χ3v) is 4.77. The van der Waals surface area contributed by atoms with E-state index in [9.17, 15) is 25.2 Å². The van der Waals surface area contributed by atoms with Gasteiger partial charge in [-0.2, -0.15) is 0 Å². The lowest BCUT2D eigenvalue weighted by Gasteiger charge is -2.37. The van der Waals surface area contributed by atoms with Crippen LogP contribution in [-0.2, 0) is 9.47 Å². The second-order valence-electron chi connectivity index (χ2n) is 6.54. The molecule has 2 aromatic carbocycles. The lowest BCUT2D eigenvalue weighted by molar-refractivity contribution is -0.286. The van der Waals surface area contributed by atoms with Crippen molar-refractivity contribution in [1.29, 1.82) is 0 Å². The molecule has 0 bridgehead atoms. The molecule has 0 saturated carbocycles. The van der Waals surface area contributed by atoms with Crippen molar-refractivity contribution in [3.63, 3.8) is 0 Å². The minimum atomic E-state index is -1.73. The van der Waals surface area contributed by atoms with Crippen molar-refractivity contribution in [2.45, 2.75) is 30.7 Å². The highest BCUT2D eigenvalue weighted by Gasteiger charge is 2.43. The van der Waals surface area contributed by atoms with Gasteiger partial charge in [-0.1, -0.05) is 29.8 Å². The number of aliphatic hydroxyl groups is 4. The third kappa shape index (κ3) is 4.84. The van der Waals surface area contributed by atoms with Crippen molar-refractivity contribution in [3.8, 4) is 17.2 Å². The molecule has 1 heterocycles. The van der Waals surface area contributed by atoms with Crippen molar-refractivity contribution in [3.05, 3.63) is 53.1 Å². The van der Waals surface area contributed by atoms with Gasteiger partial charge in [0.05, 0.1) is 17.7 Å². The fraction of sp³-hybridized carbons (Fsp3) is 0.350. The van der Waals surface area contributed by atoms with Crippen LogP contribution < -0.4 is 9.47 Å². The van der Waals surface area contributed by atoms with E-state index in [1.165, 1.54) is 19.2 Å². The van der Waals surface area contributed by atoms with Gasteiger partial charge in [0.2, 0.25) is 0 Å². The summed E-state index contributed by atoms with van der Waals surface area (Å²) in [5.74, 6) is 0.123. The van der Waals surface area contributed by atoms with Crippen molar-refractivity contribution in [2.75, 3.05) is 13.7 Å². The van der Waals surface area contributed by atoms with E-state index in [4.69, 9.17) is 30.5 Å². The van der Waals surface area contributed by atoms with Gasteiger partial charge in [-0.3, -0.25) is 0 Å². The Kier molecular flexibility index (Phi) is 7.14. The van der Waals surface area contributed by atoms with E-state index in [1.807, 2.05) is 6.07 Å². The lowest BCUT2D eigenvalue weighted by Crippen LogP contribution is -2.58. The summed E-state index contributed by atoms with van der Waals surface area (Å²) in [5.41, 5.74) is 0.0451. The van der Waals surface area contributed by atoms with Gasteiger partial charge in [0.15, 0.2) is 17.8 Å². The van der Waals surface area contributed by atoms with Gasteiger partial charge in [-0.25, -0.2) is 4.79 Å². The second-order valence-corrected chi connectivity index (χ2v) is 6.95. The summed E-state index contributed by atoms with van der Waals surface area (Å²) in [4.78, 5) is 12.4. The Balaban J connectivity index is 1.71. The zero-order valence-corrected chi connectivity index (χ0v) is 16.6. The Hall–Kier alpha value is -2.40. The SMILES string of the molecule is COc1cc(C(=O)OC[C@H]2OC(O)[C@H](O)[C@@H](O)[C@@H]2O)cc(Cl)c1Oc1ccccc1. The first kappa shape index (κ1) is 22.3. The first-order chi connectivity index (χ1) is 14.3. The number of ether oxygens (including phenoxy) is 4. The molecule has 1 aliphatic heterocycles. The van der Waals surface area contributed by atoms with Crippen LogP contribution in [0.4, 0.5) is 0 Å². The molecule has 4 N–H and O–H groups in total. The average molecular weight is 441 g/mol. The zero-order valence-electron chi connectivity index (χ0n) is 15.8. The first-order valence-electron chi connectivity index (χ1n) is 8.97. The summed E-state index contributed by atoms with van der Waals surface area (Å²) in [7, 11) is 1.39. The largest absolute Gasteiger partial charge is 0.493 e. The van der Waals surface area contributed by atoms with E-state index in [2.05, 4.69) is 0 Å². The number of benzene rings is 2. The predicted octanol–water partition coefficient (Wildman–Crippen LogP) is 1.10. The number of aliphatic hydroxyl groups excluding tert-OH is 4. The van der Waals surface area contributed by atoms with Crippen LogP contribution in [0.25, 0.3) is 0 Å². The number of carbonyl (C=O) groups excluding carboxylic acids is 1. The predicted molar refractivity (Wildman–Crippen MR) is 104 cm³/mol. The van der Waals surface area contributed by atoms with E-state index < -0.39 is 43.3 Å². The van der Waals surface area contributed by atoms with Gasteiger partial charge < -0.3 is 39.4 Å². The van der Waals surface area contributed by atoms with E-state index in [-0.39, 0.29) is 22.1 Å². The van der Waals surface area contributed by atoms with E-state index in [0.717, 1.165) is 0 Å². The maximum atomic E-state index is 12.4. The lowest BCUT2D eigenvalue weighted by atomic mass is 9.99. The van der Waals surface area contributed by atoms with Crippen LogP contribution in [0.1, 0.15) is 10.4 Å². The molecule has 9 nitrogen and oxygen atoms in total. The summed E-state index contributed by atoms with van der Waals surface area (Å²) in [5, 5.41) is 38.7. The monoisotopic (exact) mass is 440 g/mol. The smallest absolute Gasteiger partial charge is 0.338 e. The van der Waals surface area contributed by atoms with Crippen molar-refractivity contribution in [2.24, 2.45) is 0 Å². The molecular formula is C20H21ClO9. The van der Waals surface area contributed by atoms with Gasteiger partial charge in [0.25, 0.3) is 0 Å². The summed E-state index contributed by atoms with van der Waals surface area (Å²) in [6.45, 7) is -0.483. The summed E-state index contributed by atoms with van der Waals surface area (Å²) in [6.07, 6.45) is -7.85. The van der Waals surface area contributed by atoms with Crippen LogP contribution in [0, 0.1) is 0 Å². The molecule has 1 unspecified atom stereocenters. The van der Waals surface area contributed by atoms with Gasteiger partial charge in [0.1, 0.15) is 36.8 Å². The molecule has 30 heavy (non-hydrogen) atoms. The normalized spacial score (nSPS) is 26.1. The minimum absolute atomic E-state index is 0.0451. The summed E-state index contributed by atoms with van der Waals surface area (Å²) in [6, 6.07) is 11.6. The van der Waals surface area contributed by atoms with Crippen molar-refractivity contribution < 1.29 is 44.2 Å². The molecule has 1 saturated heterocycles. The van der Waals surface area contributed by atoms with E-state index in [1.54, 1.807) is 24.3 Å². The quantitative estimate of drug-likeness (QED) is 0.487. The van der Waals surface area contributed by atoms with Gasteiger partial charge in [-0.15, -0.1) is 0 Å².